The zero-order valence-corrected chi connectivity index (χ0v) is 15.4. The standard InChI is InChI=1S/C21H22N4O3/c22-17-4-2-1-3-14(17)11-23-10-13-5-6-16-15(9-13)12-25(21(16)28)18-7-8-19(26)24-20(18)27/h1-6,9,18,23H,7-8,10-12,22H2,(H,24,26,27). The van der Waals surface area contributed by atoms with Gasteiger partial charge in [0.05, 0.1) is 0 Å². The van der Waals surface area contributed by atoms with Gasteiger partial charge >= 0.3 is 0 Å². The molecule has 28 heavy (non-hydrogen) atoms. The molecule has 1 unspecified atom stereocenters. The second kappa shape index (κ2) is 7.44. The van der Waals surface area contributed by atoms with E-state index in [2.05, 4.69) is 10.6 Å². The van der Waals surface area contributed by atoms with Crippen LogP contribution in [0.2, 0.25) is 0 Å². The Bertz CT molecular complexity index is 956. The van der Waals surface area contributed by atoms with E-state index >= 15 is 0 Å². The van der Waals surface area contributed by atoms with Crippen molar-refractivity contribution in [2.24, 2.45) is 0 Å². The van der Waals surface area contributed by atoms with Gasteiger partial charge in [-0.3, -0.25) is 19.7 Å². The molecule has 2 aliphatic rings. The number of fused-ring (bicyclic) bond motifs is 1. The molecule has 7 heteroatoms. The maximum atomic E-state index is 12.7. The third-order valence-electron chi connectivity index (χ3n) is 5.29. The maximum Gasteiger partial charge on any atom is 0.255 e. The summed E-state index contributed by atoms with van der Waals surface area (Å²) in [5.41, 5.74) is 10.4. The number of para-hydroxylation sites is 1. The molecule has 7 nitrogen and oxygen atoms in total. The van der Waals surface area contributed by atoms with Crippen molar-refractivity contribution in [3.8, 4) is 0 Å². The smallest absolute Gasteiger partial charge is 0.255 e. The molecule has 144 valence electrons. The number of piperidine rings is 1. The van der Waals surface area contributed by atoms with Crippen LogP contribution in [0.15, 0.2) is 42.5 Å². The summed E-state index contributed by atoms with van der Waals surface area (Å²) in [4.78, 5) is 37.7. The first-order valence-electron chi connectivity index (χ1n) is 9.33. The summed E-state index contributed by atoms with van der Waals surface area (Å²) in [6.45, 7) is 1.69. The minimum atomic E-state index is -0.583. The molecule has 0 aliphatic carbocycles. The van der Waals surface area contributed by atoms with E-state index in [0.29, 0.717) is 31.6 Å². The lowest BCUT2D eigenvalue weighted by molar-refractivity contribution is -0.136. The molecule has 0 saturated carbocycles. The van der Waals surface area contributed by atoms with E-state index in [1.165, 1.54) is 0 Å². The van der Waals surface area contributed by atoms with Crippen molar-refractivity contribution in [1.82, 2.24) is 15.5 Å². The van der Waals surface area contributed by atoms with E-state index in [1.807, 2.05) is 42.5 Å². The number of nitrogens with zero attached hydrogens (tertiary/aromatic N) is 1. The molecule has 4 rings (SSSR count). The van der Waals surface area contributed by atoms with Gasteiger partial charge in [-0.05, 0) is 35.2 Å². The number of anilines is 1. The van der Waals surface area contributed by atoms with E-state index in [0.717, 1.165) is 22.4 Å². The first kappa shape index (κ1) is 18.2. The summed E-state index contributed by atoms with van der Waals surface area (Å²) < 4.78 is 0. The molecule has 0 radical (unpaired) electrons. The van der Waals surface area contributed by atoms with E-state index in [1.54, 1.807) is 4.90 Å². The van der Waals surface area contributed by atoms with Crippen LogP contribution in [-0.4, -0.2) is 28.7 Å². The Morgan fingerprint density at radius 1 is 1.11 bits per heavy atom. The van der Waals surface area contributed by atoms with Gasteiger partial charge in [-0.1, -0.05) is 30.3 Å². The van der Waals surface area contributed by atoms with Crippen molar-refractivity contribution in [3.05, 3.63) is 64.7 Å². The molecule has 4 N–H and O–H groups in total. The van der Waals surface area contributed by atoms with Crippen LogP contribution >= 0.6 is 0 Å². The van der Waals surface area contributed by atoms with Gasteiger partial charge in [-0.25, -0.2) is 0 Å². The average Bonchev–Trinajstić information content (AvgIpc) is 2.99. The van der Waals surface area contributed by atoms with Crippen LogP contribution in [0.25, 0.3) is 0 Å². The highest BCUT2D eigenvalue weighted by Crippen LogP contribution is 2.28. The Kier molecular flexibility index (Phi) is 4.83. The summed E-state index contributed by atoms with van der Waals surface area (Å²) in [7, 11) is 0. The van der Waals surface area contributed by atoms with E-state index in [4.69, 9.17) is 5.73 Å². The average molecular weight is 378 g/mol. The number of nitrogen functional groups attached to an aromatic ring is 1. The van der Waals surface area contributed by atoms with Crippen molar-refractivity contribution < 1.29 is 14.4 Å². The highest BCUT2D eigenvalue weighted by molar-refractivity contribution is 6.05. The molecule has 3 amide bonds. The van der Waals surface area contributed by atoms with Crippen LogP contribution < -0.4 is 16.4 Å². The molecule has 1 fully saturated rings. The molecule has 2 aliphatic heterocycles. The summed E-state index contributed by atoms with van der Waals surface area (Å²) >= 11 is 0. The number of rotatable bonds is 5. The van der Waals surface area contributed by atoms with Gasteiger partial charge < -0.3 is 16.0 Å². The second-order valence-electron chi connectivity index (χ2n) is 7.19. The molecular formula is C21H22N4O3. The molecule has 1 atom stereocenters. The number of hydrogen-bond donors (Lipinski definition) is 3. The molecule has 0 bridgehead atoms. The third kappa shape index (κ3) is 3.48. The van der Waals surface area contributed by atoms with E-state index < -0.39 is 6.04 Å². The predicted octanol–water partition coefficient (Wildman–Crippen LogP) is 1.32. The normalized spacial score (nSPS) is 18.9. The Hall–Kier alpha value is -3.19. The Balaban J connectivity index is 1.41. The first-order chi connectivity index (χ1) is 13.5. The van der Waals surface area contributed by atoms with Crippen LogP contribution in [-0.2, 0) is 29.2 Å². The van der Waals surface area contributed by atoms with Gasteiger partial charge in [-0.2, -0.15) is 0 Å². The van der Waals surface area contributed by atoms with Crippen molar-refractivity contribution >= 4 is 23.4 Å². The largest absolute Gasteiger partial charge is 0.398 e. The van der Waals surface area contributed by atoms with Gasteiger partial charge in [0, 0.05) is 37.3 Å². The van der Waals surface area contributed by atoms with E-state index in [-0.39, 0.29) is 24.1 Å². The lowest BCUT2D eigenvalue weighted by Crippen LogP contribution is -2.52. The van der Waals surface area contributed by atoms with Crippen molar-refractivity contribution in [3.63, 3.8) is 0 Å². The summed E-state index contributed by atoms with van der Waals surface area (Å²) in [6, 6.07) is 12.9. The molecule has 2 aromatic carbocycles. The highest BCUT2D eigenvalue weighted by Gasteiger charge is 2.38. The molecular weight excluding hydrogens is 356 g/mol. The fraction of sp³-hybridized carbons (Fsp3) is 0.286. The molecule has 2 aromatic rings. The highest BCUT2D eigenvalue weighted by atomic mass is 16.2. The van der Waals surface area contributed by atoms with Crippen LogP contribution in [0.3, 0.4) is 0 Å². The number of carbonyl (C=O) groups is 3. The maximum absolute atomic E-state index is 12.7. The zero-order chi connectivity index (χ0) is 19.7. The van der Waals surface area contributed by atoms with Crippen LogP contribution in [0, 0.1) is 0 Å². The summed E-state index contributed by atoms with van der Waals surface area (Å²) in [5.74, 6) is -0.821. The molecule has 0 aromatic heterocycles. The van der Waals surface area contributed by atoms with Crippen LogP contribution in [0.1, 0.15) is 39.9 Å². The van der Waals surface area contributed by atoms with Gasteiger partial charge in [0.25, 0.3) is 5.91 Å². The van der Waals surface area contributed by atoms with E-state index in [9.17, 15) is 14.4 Å². The first-order valence-corrected chi connectivity index (χ1v) is 9.33. The Morgan fingerprint density at radius 2 is 1.93 bits per heavy atom. The number of nitrogens with one attached hydrogen (secondary N) is 2. The van der Waals surface area contributed by atoms with Gasteiger partial charge in [0.1, 0.15) is 6.04 Å². The van der Waals surface area contributed by atoms with Crippen LogP contribution in [0.4, 0.5) is 5.69 Å². The van der Waals surface area contributed by atoms with Gasteiger partial charge in [0.2, 0.25) is 11.8 Å². The lowest BCUT2D eigenvalue weighted by Gasteiger charge is -2.29. The number of amides is 3. The number of carbonyl (C=O) groups excluding carboxylic acids is 3. The number of hydrogen-bond acceptors (Lipinski definition) is 5. The van der Waals surface area contributed by atoms with Crippen molar-refractivity contribution in [2.45, 2.75) is 38.5 Å². The van der Waals surface area contributed by atoms with Crippen LogP contribution in [0.5, 0.6) is 0 Å². The minimum Gasteiger partial charge on any atom is -0.398 e. The number of benzene rings is 2. The van der Waals surface area contributed by atoms with Crippen molar-refractivity contribution in [1.29, 1.82) is 0 Å². The SMILES string of the molecule is Nc1ccccc1CNCc1ccc2c(c1)CN(C1CCC(=O)NC1=O)C2=O. The fourth-order valence-electron chi connectivity index (χ4n) is 3.77. The third-order valence-corrected chi connectivity index (χ3v) is 5.29. The summed E-state index contributed by atoms with van der Waals surface area (Å²) in [6.07, 6.45) is 0.631. The second-order valence-corrected chi connectivity index (χ2v) is 7.19. The Morgan fingerprint density at radius 3 is 2.71 bits per heavy atom. The predicted molar refractivity (Wildman–Crippen MR) is 104 cm³/mol. The quantitative estimate of drug-likeness (QED) is 0.538. The summed E-state index contributed by atoms with van der Waals surface area (Å²) in [5, 5.41) is 5.69. The monoisotopic (exact) mass is 378 g/mol. The minimum absolute atomic E-state index is 0.152. The molecule has 0 spiro atoms. The topological polar surface area (TPSA) is 105 Å². The van der Waals surface area contributed by atoms with Gasteiger partial charge in [-0.15, -0.1) is 0 Å². The lowest BCUT2D eigenvalue weighted by atomic mass is 10.0. The molecule has 1 saturated heterocycles. The zero-order valence-electron chi connectivity index (χ0n) is 15.4. The van der Waals surface area contributed by atoms with Crippen molar-refractivity contribution in [2.75, 3.05) is 5.73 Å². The fourth-order valence-corrected chi connectivity index (χ4v) is 3.77. The molecule has 2 heterocycles. The Labute approximate surface area is 162 Å². The number of imide groups is 1. The van der Waals surface area contributed by atoms with Gasteiger partial charge in [0.15, 0.2) is 0 Å². The number of nitrogens with two attached hydrogens (primary N) is 1.